The minimum absolute atomic E-state index is 0.0106. The zero-order chi connectivity index (χ0) is 20.6. The van der Waals surface area contributed by atoms with E-state index in [1.54, 1.807) is 0 Å². The fraction of sp³-hybridized carbons (Fsp3) is 0.478. The number of hydrogen-bond acceptors (Lipinski definition) is 6. The molecule has 0 saturated heterocycles. The number of hydrogen-bond donors (Lipinski definition) is 1. The van der Waals surface area contributed by atoms with Crippen molar-refractivity contribution in [3.63, 3.8) is 0 Å². The van der Waals surface area contributed by atoms with Gasteiger partial charge in [-0.15, -0.1) is 0 Å². The van der Waals surface area contributed by atoms with Crippen LogP contribution in [0.5, 0.6) is 11.5 Å². The van der Waals surface area contributed by atoms with E-state index in [9.17, 15) is 0 Å². The molecule has 6 heteroatoms. The van der Waals surface area contributed by atoms with Crippen molar-refractivity contribution in [2.45, 2.75) is 32.2 Å². The minimum Gasteiger partial charge on any atom is -0.430 e. The van der Waals surface area contributed by atoms with Gasteiger partial charge in [0.05, 0.1) is 46.1 Å². The van der Waals surface area contributed by atoms with Gasteiger partial charge >= 0.3 is 5.97 Å². The van der Waals surface area contributed by atoms with E-state index in [2.05, 4.69) is 6.92 Å². The Morgan fingerprint density at radius 1 is 0.724 bits per heavy atom. The third-order valence-corrected chi connectivity index (χ3v) is 4.03. The minimum atomic E-state index is -1.24. The zero-order valence-electron chi connectivity index (χ0n) is 17.1. The Hall–Kier alpha value is -2.12. The van der Waals surface area contributed by atoms with E-state index in [4.69, 9.17) is 28.8 Å². The first-order chi connectivity index (χ1) is 14.3. The zero-order valence-corrected chi connectivity index (χ0v) is 17.1. The van der Waals surface area contributed by atoms with E-state index in [1.807, 2.05) is 60.7 Å². The van der Waals surface area contributed by atoms with Crippen LogP contribution in [0.2, 0.25) is 0 Å². The van der Waals surface area contributed by atoms with E-state index in [0.29, 0.717) is 51.0 Å². The monoisotopic (exact) mass is 404 g/mol. The van der Waals surface area contributed by atoms with Gasteiger partial charge in [0.2, 0.25) is 0 Å². The Labute approximate surface area is 173 Å². The molecule has 0 unspecified atom stereocenters. The number of benzene rings is 2. The first-order valence-corrected chi connectivity index (χ1v) is 10.2. The number of rotatable bonds is 16. The molecule has 6 nitrogen and oxygen atoms in total. The van der Waals surface area contributed by atoms with Crippen LogP contribution in [0.15, 0.2) is 60.7 Å². The summed E-state index contributed by atoms with van der Waals surface area (Å²) in [7, 11) is 0. The van der Waals surface area contributed by atoms with Gasteiger partial charge in [-0.25, -0.2) is 0 Å². The number of unbranched alkanes of at least 4 members (excludes halogenated alkanes) is 1. The molecule has 2 aromatic carbocycles. The maximum Gasteiger partial charge on any atom is 0.371 e. The van der Waals surface area contributed by atoms with Crippen LogP contribution in [-0.2, 0) is 14.2 Å². The van der Waals surface area contributed by atoms with Gasteiger partial charge in [-0.1, -0.05) is 49.7 Å². The van der Waals surface area contributed by atoms with E-state index in [-0.39, 0.29) is 6.61 Å². The molecule has 0 aliphatic carbocycles. The van der Waals surface area contributed by atoms with Crippen LogP contribution in [0.3, 0.4) is 0 Å². The van der Waals surface area contributed by atoms with Crippen molar-refractivity contribution in [3.05, 3.63) is 60.7 Å². The van der Waals surface area contributed by atoms with Crippen molar-refractivity contribution < 1.29 is 28.8 Å². The van der Waals surface area contributed by atoms with Crippen molar-refractivity contribution in [1.29, 1.82) is 0 Å². The summed E-state index contributed by atoms with van der Waals surface area (Å²) in [5.41, 5.74) is 0. The summed E-state index contributed by atoms with van der Waals surface area (Å²) < 4.78 is 29.3. The second kappa shape index (κ2) is 14.0. The molecule has 0 aliphatic rings. The standard InChI is InChI=1S/C23H32O6/c1-2-3-14-23(28-21-10-6-4-7-11-21,29-22-12-8-5-9-13-22)27-20-19-26-18-17-25-16-15-24/h4-13,24H,2-3,14-20H2,1H3. The van der Waals surface area contributed by atoms with Crippen LogP contribution in [0.25, 0.3) is 0 Å². The Bertz CT molecular complexity index is 593. The summed E-state index contributed by atoms with van der Waals surface area (Å²) in [6.45, 7) is 4.00. The average molecular weight is 405 g/mol. The summed E-state index contributed by atoms with van der Waals surface area (Å²) in [6.07, 6.45) is 2.45. The summed E-state index contributed by atoms with van der Waals surface area (Å²) in [6, 6.07) is 19.1. The van der Waals surface area contributed by atoms with Crippen molar-refractivity contribution in [2.24, 2.45) is 0 Å². The van der Waals surface area contributed by atoms with E-state index >= 15 is 0 Å². The highest BCUT2D eigenvalue weighted by Gasteiger charge is 2.36. The Balaban J connectivity index is 2.00. The predicted molar refractivity (Wildman–Crippen MR) is 111 cm³/mol. The van der Waals surface area contributed by atoms with Gasteiger partial charge in [-0.3, -0.25) is 0 Å². The molecule has 160 valence electrons. The molecule has 0 radical (unpaired) electrons. The van der Waals surface area contributed by atoms with Crippen molar-refractivity contribution >= 4 is 0 Å². The molecular weight excluding hydrogens is 372 g/mol. The molecule has 0 aliphatic heterocycles. The van der Waals surface area contributed by atoms with Crippen molar-refractivity contribution in [1.82, 2.24) is 0 Å². The fourth-order valence-electron chi connectivity index (χ4n) is 2.63. The Morgan fingerprint density at radius 3 is 1.76 bits per heavy atom. The lowest BCUT2D eigenvalue weighted by Gasteiger charge is -2.34. The lowest BCUT2D eigenvalue weighted by Crippen LogP contribution is -2.46. The highest BCUT2D eigenvalue weighted by molar-refractivity contribution is 5.23. The van der Waals surface area contributed by atoms with Gasteiger partial charge in [-0.2, -0.15) is 0 Å². The largest absolute Gasteiger partial charge is 0.430 e. The molecule has 0 fully saturated rings. The van der Waals surface area contributed by atoms with Gasteiger partial charge in [-0.05, 0) is 30.7 Å². The topological polar surface area (TPSA) is 66.4 Å². The predicted octanol–water partition coefficient (Wildman–Crippen LogP) is 4.03. The molecule has 0 atom stereocenters. The molecule has 29 heavy (non-hydrogen) atoms. The van der Waals surface area contributed by atoms with Crippen LogP contribution in [-0.4, -0.2) is 50.7 Å². The second-order valence-corrected chi connectivity index (χ2v) is 6.41. The second-order valence-electron chi connectivity index (χ2n) is 6.41. The molecule has 2 aromatic rings. The normalized spacial score (nSPS) is 11.4. The van der Waals surface area contributed by atoms with Gasteiger partial charge in [0.15, 0.2) is 0 Å². The summed E-state index contributed by atoms with van der Waals surface area (Å²) >= 11 is 0. The van der Waals surface area contributed by atoms with Crippen LogP contribution < -0.4 is 9.47 Å². The van der Waals surface area contributed by atoms with Crippen molar-refractivity contribution in [2.75, 3.05) is 39.6 Å². The smallest absolute Gasteiger partial charge is 0.371 e. The molecule has 0 spiro atoms. The SMILES string of the molecule is CCCCC(OCCOCCOCCO)(Oc1ccccc1)Oc1ccccc1. The quantitative estimate of drug-likeness (QED) is 0.337. The first-order valence-electron chi connectivity index (χ1n) is 10.2. The number of para-hydroxylation sites is 2. The molecular formula is C23H32O6. The molecule has 0 saturated carbocycles. The molecule has 0 bridgehead atoms. The van der Waals surface area contributed by atoms with E-state index in [0.717, 1.165) is 12.8 Å². The van der Waals surface area contributed by atoms with E-state index in [1.165, 1.54) is 0 Å². The summed E-state index contributed by atoms with van der Waals surface area (Å²) in [5, 5.41) is 8.70. The lowest BCUT2D eigenvalue weighted by atomic mass is 10.2. The van der Waals surface area contributed by atoms with Gasteiger partial charge in [0.25, 0.3) is 0 Å². The van der Waals surface area contributed by atoms with Gasteiger partial charge in [0.1, 0.15) is 11.5 Å². The summed E-state index contributed by atoms with van der Waals surface area (Å²) in [5.74, 6) is 0.117. The van der Waals surface area contributed by atoms with Crippen LogP contribution >= 0.6 is 0 Å². The first kappa shape index (κ1) is 23.2. The lowest BCUT2D eigenvalue weighted by molar-refractivity contribution is -0.308. The number of aliphatic hydroxyl groups excluding tert-OH is 1. The van der Waals surface area contributed by atoms with Crippen LogP contribution in [0.1, 0.15) is 26.2 Å². The Kier molecular flexibility index (Phi) is 11.1. The van der Waals surface area contributed by atoms with Crippen LogP contribution in [0, 0.1) is 0 Å². The van der Waals surface area contributed by atoms with Gasteiger partial charge in [0, 0.05) is 0 Å². The maximum atomic E-state index is 8.70. The van der Waals surface area contributed by atoms with Crippen LogP contribution in [0.4, 0.5) is 0 Å². The Morgan fingerprint density at radius 2 is 1.24 bits per heavy atom. The third-order valence-electron chi connectivity index (χ3n) is 4.03. The number of aliphatic hydroxyl groups is 1. The van der Waals surface area contributed by atoms with Gasteiger partial charge < -0.3 is 28.8 Å². The molecule has 2 rings (SSSR count). The molecule has 0 amide bonds. The number of ether oxygens (including phenoxy) is 5. The van der Waals surface area contributed by atoms with E-state index < -0.39 is 5.97 Å². The third kappa shape index (κ3) is 9.28. The highest BCUT2D eigenvalue weighted by Crippen LogP contribution is 2.28. The fourth-order valence-corrected chi connectivity index (χ4v) is 2.63. The maximum absolute atomic E-state index is 8.70. The average Bonchev–Trinajstić information content (AvgIpc) is 2.75. The molecule has 0 aromatic heterocycles. The van der Waals surface area contributed by atoms with Crippen molar-refractivity contribution in [3.8, 4) is 11.5 Å². The molecule has 1 N–H and O–H groups in total. The molecule has 0 heterocycles. The summed E-state index contributed by atoms with van der Waals surface area (Å²) in [4.78, 5) is 0. The highest BCUT2D eigenvalue weighted by atomic mass is 16.9.